The van der Waals surface area contributed by atoms with E-state index >= 15 is 0 Å². The second-order valence-electron chi connectivity index (χ2n) is 12.1. The lowest BCUT2D eigenvalue weighted by Gasteiger charge is -2.45. The van der Waals surface area contributed by atoms with Crippen LogP contribution in [0.3, 0.4) is 0 Å². The van der Waals surface area contributed by atoms with Gasteiger partial charge in [0, 0.05) is 42.4 Å². The molecule has 9 rings (SSSR count). The van der Waals surface area contributed by atoms with Crippen LogP contribution in [0, 0.1) is 5.92 Å². The molecule has 10 heteroatoms. The molecule has 3 aliphatic heterocycles. The number of rotatable bonds is 7. The number of aromatic nitrogens is 5. The van der Waals surface area contributed by atoms with Gasteiger partial charge in [0.1, 0.15) is 17.2 Å². The molecule has 0 aliphatic carbocycles. The number of nitrogens with one attached hydrogen (secondary N) is 3. The summed E-state index contributed by atoms with van der Waals surface area (Å²) in [6, 6.07) is 19.0. The van der Waals surface area contributed by atoms with Gasteiger partial charge >= 0.3 is 5.97 Å². The normalized spacial score (nSPS) is 19.4. The average Bonchev–Trinajstić information content (AvgIpc) is 3.72. The number of fused-ring (bicyclic) bond motifs is 5. The smallest absolute Gasteiger partial charge is 0.335 e. The van der Waals surface area contributed by atoms with Gasteiger partial charge in [-0.05, 0) is 73.8 Å². The number of H-pyrrole nitrogens is 2. The average molecular weight is 600 g/mol. The Balaban J connectivity index is 1.40. The molecule has 3 aliphatic rings. The van der Waals surface area contributed by atoms with Gasteiger partial charge in [-0.1, -0.05) is 31.2 Å². The molecule has 0 unspecified atom stereocenters. The quantitative estimate of drug-likeness (QED) is 0.185. The highest BCUT2D eigenvalue weighted by Crippen LogP contribution is 2.39. The number of imidazole rings is 2. The van der Waals surface area contributed by atoms with Crippen molar-refractivity contribution in [3.8, 4) is 28.2 Å². The monoisotopic (exact) mass is 599 g/mol. The molecule has 1 atom stereocenters. The summed E-state index contributed by atoms with van der Waals surface area (Å²) in [6.07, 6.45) is 6.67. The molecule has 0 saturated carbocycles. The molecule has 0 spiro atoms. The molecular weight excluding hydrogens is 566 g/mol. The fraction of sp³-hybridized carbons (Fsp3) is 0.257. The zero-order valence-electron chi connectivity index (χ0n) is 24.9. The Morgan fingerprint density at radius 1 is 1.04 bits per heavy atom. The number of aromatic amines is 2. The fourth-order valence-electron chi connectivity index (χ4n) is 7.13. The largest absolute Gasteiger partial charge is 0.478 e. The molecule has 3 fully saturated rings. The summed E-state index contributed by atoms with van der Waals surface area (Å²) < 4.78 is 2.03. The standard InChI is InChI=1S/C35H33N7O3/c1-2-30-36-13-16-42(30)29-18-27-24(17-23(29)20-7-9-22(10-8-20)35(44)45)32(37-28-19-41-14-11-21(28)12-15-41)31(34(43)40-27)33-38-25-5-3-4-6-26(25)39-33/h3-10,13,16-18,21,28H,2,11-12,14-15,19H2,1H3,(H,38,39)(H,44,45)(H2,37,40,43)/t28-/m0/s1. The van der Waals surface area contributed by atoms with Crippen LogP contribution < -0.4 is 10.9 Å². The van der Waals surface area contributed by atoms with Crippen LogP contribution in [0.5, 0.6) is 0 Å². The van der Waals surface area contributed by atoms with Crippen LogP contribution >= 0.6 is 0 Å². The number of aryl methyl sites for hydroxylation is 1. The molecule has 226 valence electrons. The van der Waals surface area contributed by atoms with E-state index in [-0.39, 0.29) is 17.2 Å². The number of carboxylic acid groups (broad SMARTS) is 1. The Morgan fingerprint density at radius 3 is 2.56 bits per heavy atom. The summed E-state index contributed by atoms with van der Waals surface area (Å²) in [5.74, 6) is 0.945. The summed E-state index contributed by atoms with van der Waals surface area (Å²) in [6.45, 7) is 5.20. The van der Waals surface area contributed by atoms with Crippen molar-refractivity contribution < 1.29 is 9.90 Å². The van der Waals surface area contributed by atoms with Gasteiger partial charge in [-0.2, -0.15) is 0 Å². The number of carboxylic acids is 1. The van der Waals surface area contributed by atoms with E-state index in [4.69, 9.17) is 4.98 Å². The number of aromatic carboxylic acids is 1. The van der Waals surface area contributed by atoms with Crippen LogP contribution in [0.2, 0.25) is 0 Å². The predicted octanol–water partition coefficient (Wildman–Crippen LogP) is 5.69. The number of pyridine rings is 1. The Kier molecular flexibility index (Phi) is 6.53. The summed E-state index contributed by atoms with van der Waals surface area (Å²) >= 11 is 0. The summed E-state index contributed by atoms with van der Waals surface area (Å²) in [4.78, 5) is 44.2. The molecule has 0 amide bonds. The number of para-hydroxylation sites is 2. The molecular formula is C35H33N7O3. The van der Waals surface area contributed by atoms with Crippen LogP contribution in [0.1, 0.15) is 35.9 Å². The van der Waals surface area contributed by atoms with Gasteiger partial charge in [0.2, 0.25) is 0 Å². The minimum absolute atomic E-state index is 0.193. The highest BCUT2D eigenvalue weighted by Gasteiger charge is 2.35. The van der Waals surface area contributed by atoms with E-state index in [1.54, 1.807) is 18.3 Å². The lowest BCUT2D eigenvalue weighted by atomic mass is 9.83. The van der Waals surface area contributed by atoms with Crippen LogP contribution in [-0.2, 0) is 6.42 Å². The minimum Gasteiger partial charge on any atom is -0.478 e. The lowest BCUT2D eigenvalue weighted by Crippen LogP contribution is -2.53. The first-order valence-electron chi connectivity index (χ1n) is 15.5. The van der Waals surface area contributed by atoms with Gasteiger partial charge in [0.25, 0.3) is 5.56 Å². The maximum atomic E-state index is 14.1. The first-order chi connectivity index (χ1) is 22.0. The second-order valence-corrected chi connectivity index (χ2v) is 12.1. The fourth-order valence-corrected chi connectivity index (χ4v) is 7.13. The summed E-state index contributed by atoms with van der Waals surface area (Å²) in [5, 5.41) is 14.3. The highest BCUT2D eigenvalue weighted by molar-refractivity contribution is 6.03. The van der Waals surface area contributed by atoms with Crippen molar-refractivity contribution in [2.45, 2.75) is 32.2 Å². The zero-order chi connectivity index (χ0) is 30.7. The first-order valence-corrected chi connectivity index (χ1v) is 15.5. The van der Waals surface area contributed by atoms with Crippen molar-refractivity contribution in [1.82, 2.24) is 29.4 Å². The molecule has 3 aromatic carbocycles. The van der Waals surface area contributed by atoms with E-state index in [1.807, 2.05) is 53.2 Å². The first kappa shape index (κ1) is 27.3. The molecule has 6 heterocycles. The molecule has 4 N–H and O–H groups in total. The van der Waals surface area contributed by atoms with Gasteiger partial charge in [0.05, 0.1) is 33.5 Å². The molecule has 10 nitrogen and oxygen atoms in total. The van der Waals surface area contributed by atoms with Crippen molar-refractivity contribution in [3.05, 3.63) is 94.8 Å². The lowest BCUT2D eigenvalue weighted by molar-refractivity contribution is 0.0697. The van der Waals surface area contributed by atoms with Crippen LogP contribution in [0.4, 0.5) is 5.69 Å². The Bertz CT molecular complexity index is 2100. The van der Waals surface area contributed by atoms with E-state index < -0.39 is 5.97 Å². The van der Waals surface area contributed by atoms with Crippen LogP contribution in [-0.4, -0.2) is 66.2 Å². The Hall–Kier alpha value is -5.22. The van der Waals surface area contributed by atoms with E-state index in [9.17, 15) is 14.7 Å². The molecule has 3 aromatic heterocycles. The number of piperidine rings is 3. The molecule has 0 radical (unpaired) electrons. The van der Waals surface area contributed by atoms with Crippen molar-refractivity contribution in [1.29, 1.82) is 0 Å². The molecule has 3 saturated heterocycles. The van der Waals surface area contributed by atoms with Gasteiger partial charge < -0.3 is 29.9 Å². The molecule has 6 aromatic rings. The Morgan fingerprint density at radius 2 is 1.84 bits per heavy atom. The summed E-state index contributed by atoms with van der Waals surface area (Å²) in [5.41, 5.74) is 6.18. The SMILES string of the molecule is CCc1nccn1-c1cc2[nH]c(=O)c(-c3nc4ccccc4[nH]3)c(N[C@H]3CN4CCC3CC4)c2cc1-c1ccc(C(=O)O)cc1. The van der Waals surface area contributed by atoms with Gasteiger partial charge in [0.15, 0.2) is 0 Å². The highest BCUT2D eigenvalue weighted by atomic mass is 16.4. The maximum absolute atomic E-state index is 14.1. The molecule has 2 bridgehead atoms. The van der Waals surface area contributed by atoms with Crippen LogP contribution in [0.15, 0.2) is 77.9 Å². The van der Waals surface area contributed by atoms with E-state index in [0.717, 1.165) is 83.6 Å². The number of benzene rings is 3. The molecule has 45 heavy (non-hydrogen) atoms. The minimum atomic E-state index is -0.972. The third-order valence-electron chi connectivity index (χ3n) is 9.48. The summed E-state index contributed by atoms with van der Waals surface area (Å²) in [7, 11) is 0. The number of nitrogens with zero attached hydrogens (tertiary/aromatic N) is 4. The number of hydrogen-bond donors (Lipinski definition) is 4. The van der Waals surface area contributed by atoms with Crippen molar-refractivity contribution in [2.24, 2.45) is 5.92 Å². The maximum Gasteiger partial charge on any atom is 0.335 e. The second kappa shape index (κ2) is 10.7. The van der Waals surface area contributed by atoms with Crippen molar-refractivity contribution >= 4 is 33.6 Å². The van der Waals surface area contributed by atoms with Gasteiger partial charge in [-0.25, -0.2) is 14.8 Å². The van der Waals surface area contributed by atoms with E-state index in [1.165, 1.54) is 0 Å². The number of hydrogen-bond acceptors (Lipinski definition) is 6. The van der Waals surface area contributed by atoms with Gasteiger partial charge in [-0.3, -0.25) is 4.79 Å². The number of anilines is 1. The van der Waals surface area contributed by atoms with Crippen molar-refractivity contribution in [2.75, 3.05) is 25.0 Å². The predicted molar refractivity (Wildman–Crippen MR) is 175 cm³/mol. The number of carbonyl (C=O) groups is 1. The topological polar surface area (TPSA) is 132 Å². The Labute approximate surface area is 258 Å². The van der Waals surface area contributed by atoms with E-state index in [2.05, 4.69) is 38.2 Å². The van der Waals surface area contributed by atoms with Crippen LogP contribution in [0.25, 0.3) is 50.1 Å². The third kappa shape index (κ3) is 4.69. The van der Waals surface area contributed by atoms with Crippen molar-refractivity contribution in [3.63, 3.8) is 0 Å². The van der Waals surface area contributed by atoms with E-state index in [0.29, 0.717) is 22.8 Å². The zero-order valence-corrected chi connectivity index (χ0v) is 24.9. The third-order valence-corrected chi connectivity index (χ3v) is 9.48. The van der Waals surface area contributed by atoms with Gasteiger partial charge in [-0.15, -0.1) is 0 Å².